The third-order valence-corrected chi connectivity index (χ3v) is 6.21. The Labute approximate surface area is 187 Å². The van der Waals surface area contributed by atoms with Gasteiger partial charge in [-0.05, 0) is 57.2 Å². The number of carbonyl (C=O) groups is 1. The highest BCUT2D eigenvalue weighted by Gasteiger charge is 2.24. The Balaban J connectivity index is 1.50. The number of methoxy groups -OCH3 is 1. The van der Waals surface area contributed by atoms with Crippen LogP contribution >= 0.6 is 0 Å². The maximum absolute atomic E-state index is 11.2. The molecule has 0 amide bonds. The lowest BCUT2D eigenvalue weighted by molar-refractivity contribution is -0.140. The van der Waals surface area contributed by atoms with E-state index >= 15 is 0 Å². The zero-order valence-electron chi connectivity index (χ0n) is 19.3. The van der Waals surface area contributed by atoms with E-state index in [0.717, 1.165) is 51.7 Å². The van der Waals surface area contributed by atoms with Gasteiger partial charge in [-0.15, -0.1) is 0 Å². The Morgan fingerprint density at radius 3 is 1.97 bits per heavy atom. The second-order valence-electron chi connectivity index (χ2n) is 8.77. The molecule has 1 fully saturated rings. The standard InChI is InChI=1S/C27H37NO3/c1-21-8-12-23(13-9-21)27(24-14-10-22(2)11-15-24)31-25-16-19-28(20-17-25)18-6-4-5-7-26(29)30-3/h8-15,25,27H,4-7,16-20H2,1-3H3. The van der Waals surface area contributed by atoms with Crippen LogP contribution in [0, 0.1) is 13.8 Å². The van der Waals surface area contributed by atoms with Crippen LogP contribution in [-0.4, -0.2) is 43.7 Å². The normalized spacial score (nSPS) is 15.4. The van der Waals surface area contributed by atoms with E-state index in [-0.39, 0.29) is 18.2 Å². The first kappa shape index (κ1) is 23.5. The predicted molar refractivity (Wildman–Crippen MR) is 125 cm³/mol. The SMILES string of the molecule is COC(=O)CCCCCN1CCC(OC(c2ccc(C)cc2)c2ccc(C)cc2)CC1. The van der Waals surface area contributed by atoms with E-state index in [4.69, 9.17) is 9.47 Å². The summed E-state index contributed by atoms with van der Waals surface area (Å²) in [5, 5.41) is 0. The highest BCUT2D eigenvalue weighted by molar-refractivity contribution is 5.68. The largest absolute Gasteiger partial charge is 0.469 e. The van der Waals surface area contributed by atoms with Gasteiger partial charge in [0, 0.05) is 19.5 Å². The topological polar surface area (TPSA) is 38.8 Å². The maximum Gasteiger partial charge on any atom is 0.305 e. The van der Waals surface area contributed by atoms with Crippen molar-refractivity contribution in [2.24, 2.45) is 0 Å². The number of hydrogen-bond acceptors (Lipinski definition) is 4. The first-order valence-corrected chi connectivity index (χ1v) is 11.6. The van der Waals surface area contributed by atoms with Crippen molar-refractivity contribution in [3.63, 3.8) is 0 Å². The third-order valence-electron chi connectivity index (χ3n) is 6.21. The van der Waals surface area contributed by atoms with Crippen LogP contribution in [0.1, 0.15) is 66.9 Å². The third kappa shape index (κ3) is 7.48. The van der Waals surface area contributed by atoms with Crippen LogP contribution in [0.4, 0.5) is 0 Å². The van der Waals surface area contributed by atoms with E-state index in [1.165, 1.54) is 29.4 Å². The summed E-state index contributed by atoms with van der Waals surface area (Å²) >= 11 is 0. The van der Waals surface area contributed by atoms with Crippen molar-refractivity contribution < 1.29 is 14.3 Å². The molecule has 0 aromatic heterocycles. The van der Waals surface area contributed by atoms with Crippen molar-refractivity contribution in [1.29, 1.82) is 0 Å². The van der Waals surface area contributed by atoms with E-state index in [1.54, 1.807) is 0 Å². The summed E-state index contributed by atoms with van der Waals surface area (Å²) in [4.78, 5) is 13.7. The van der Waals surface area contributed by atoms with Gasteiger partial charge in [0.15, 0.2) is 0 Å². The zero-order chi connectivity index (χ0) is 22.1. The van der Waals surface area contributed by atoms with Crippen LogP contribution in [-0.2, 0) is 14.3 Å². The number of rotatable bonds is 10. The van der Waals surface area contributed by atoms with E-state index in [0.29, 0.717) is 6.42 Å². The fourth-order valence-electron chi connectivity index (χ4n) is 4.18. The lowest BCUT2D eigenvalue weighted by Crippen LogP contribution is -2.38. The van der Waals surface area contributed by atoms with Gasteiger partial charge in [-0.25, -0.2) is 0 Å². The Morgan fingerprint density at radius 1 is 0.903 bits per heavy atom. The summed E-state index contributed by atoms with van der Waals surface area (Å²) in [6, 6.07) is 17.5. The molecule has 0 unspecified atom stereocenters. The molecule has 31 heavy (non-hydrogen) atoms. The van der Waals surface area contributed by atoms with Gasteiger partial charge in [-0.3, -0.25) is 4.79 Å². The molecular weight excluding hydrogens is 386 g/mol. The van der Waals surface area contributed by atoms with Crippen LogP contribution in [0.3, 0.4) is 0 Å². The summed E-state index contributed by atoms with van der Waals surface area (Å²) < 4.78 is 11.4. The van der Waals surface area contributed by atoms with Crippen molar-refractivity contribution in [2.45, 2.75) is 64.6 Å². The van der Waals surface area contributed by atoms with Gasteiger partial charge in [0.05, 0.1) is 13.2 Å². The van der Waals surface area contributed by atoms with Gasteiger partial charge in [-0.2, -0.15) is 0 Å². The number of esters is 1. The smallest absolute Gasteiger partial charge is 0.305 e. The fraction of sp³-hybridized carbons (Fsp3) is 0.519. The molecule has 168 valence electrons. The molecule has 0 aliphatic carbocycles. The molecule has 0 bridgehead atoms. The maximum atomic E-state index is 11.2. The molecule has 0 radical (unpaired) electrons. The molecule has 3 rings (SSSR count). The second-order valence-corrected chi connectivity index (χ2v) is 8.77. The minimum Gasteiger partial charge on any atom is -0.469 e. The number of aryl methyl sites for hydroxylation is 2. The van der Waals surface area contributed by atoms with Gasteiger partial charge in [0.25, 0.3) is 0 Å². The van der Waals surface area contributed by atoms with Gasteiger partial charge < -0.3 is 14.4 Å². The molecule has 0 spiro atoms. The van der Waals surface area contributed by atoms with Gasteiger partial charge in [-0.1, -0.05) is 66.1 Å². The van der Waals surface area contributed by atoms with Crippen LogP contribution in [0.2, 0.25) is 0 Å². The van der Waals surface area contributed by atoms with Crippen molar-refractivity contribution in [3.8, 4) is 0 Å². The van der Waals surface area contributed by atoms with Crippen LogP contribution < -0.4 is 0 Å². The molecule has 2 aromatic carbocycles. The number of carbonyl (C=O) groups excluding carboxylic acids is 1. The van der Waals surface area contributed by atoms with E-state index < -0.39 is 0 Å². The molecule has 1 aliphatic rings. The summed E-state index contributed by atoms with van der Waals surface area (Å²) in [5.41, 5.74) is 4.99. The van der Waals surface area contributed by atoms with E-state index in [1.807, 2.05) is 0 Å². The second kappa shape index (κ2) is 12.0. The molecule has 4 nitrogen and oxygen atoms in total. The first-order valence-electron chi connectivity index (χ1n) is 11.6. The van der Waals surface area contributed by atoms with Gasteiger partial charge in [0.1, 0.15) is 6.10 Å². The van der Waals surface area contributed by atoms with Crippen molar-refractivity contribution >= 4 is 5.97 Å². The molecule has 0 N–H and O–H groups in total. The Kier molecular flexibility index (Phi) is 9.11. The van der Waals surface area contributed by atoms with Crippen molar-refractivity contribution in [3.05, 3.63) is 70.8 Å². The molecule has 4 heteroatoms. The van der Waals surface area contributed by atoms with Gasteiger partial charge >= 0.3 is 5.97 Å². The van der Waals surface area contributed by atoms with Crippen LogP contribution in [0.15, 0.2) is 48.5 Å². The van der Waals surface area contributed by atoms with Crippen LogP contribution in [0.5, 0.6) is 0 Å². The van der Waals surface area contributed by atoms with Crippen molar-refractivity contribution in [2.75, 3.05) is 26.7 Å². The highest BCUT2D eigenvalue weighted by atomic mass is 16.5. The minimum absolute atomic E-state index is 0.0175. The van der Waals surface area contributed by atoms with Crippen LogP contribution in [0.25, 0.3) is 0 Å². The molecule has 0 saturated carbocycles. The highest BCUT2D eigenvalue weighted by Crippen LogP contribution is 2.30. The van der Waals surface area contributed by atoms with E-state index in [2.05, 4.69) is 67.3 Å². The lowest BCUT2D eigenvalue weighted by Gasteiger charge is -2.34. The molecule has 1 aliphatic heterocycles. The van der Waals surface area contributed by atoms with Gasteiger partial charge in [0.2, 0.25) is 0 Å². The lowest BCUT2D eigenvalue weighted by atomic mass is 9.98. The molecule has 2 aromatic rings. The number of unbranched alkanes of at least 4 members (excludes halogenated alkanes) is 2. The number of nitrogens with zero attached hydrogens (tertiary/aromatic N) is 1. The number of likely N-dealkylation sites (tertiary alicyclic amines) is 1. The number of benzene rings is 2. The fourth-order valence-corrected chi connectivity index (χ4v) is 4.18. The molecule has 1 saturated heterocycles. The summed E-state index contributed by atoms with van der Waals surface area (Å²) in [5.74, 6) is -0.102. The van der Waals surface area contributed by atoms with E-state index in [9.17, 15) is 4.79 Å². The monoisotopic (exact) mass is 423 g/mol. The summed E-state index contributed by atoms with van der Waals surface area (Å²) in [6.07, 6.45) is 6.06. The zero-order valence-corrected chi connectivity index (χ0v) is 19.3. The molecular formula is C27H37NO3. The number of ether oxygens (including phenoxy) is 2. The molecule has 1 heterocycles. The average Bonchev–Trinajstić information content (AvgIpc) is 2.79. The predicted octanol–water partition coefficient (Wildman–Crippen LogP) is 5.61. The Morgan fingerprint density at radius 2 is 1.45 bits per heavy atom. The van der Waals surface area contributed by atoms with Crippen molar-refractivity contribution in [1.82, 2.24) is 4.90 Å². The summed E-state index contributed by atoms with van der Waals surface area (Å²) in [6.45, 7) is 7.51. The molecule has 0 atom stereocenters. The summed E-state index contributed by atoms with van der Waals surface area (Å²) in [7, 11) is 1.46. The Hall–Kier alpha value is -2.17. The first-order chi connectivity index (χ1) is 15.0. The quantitative estimate of drug-likeness (QED) is 0.368. The number of piperidine rings is 1. The number of hydrogen-bond donors (Lipinski definition) is 0. The average molecular weight is 424 g/mol. The minimum atomic E-state index is -0.102. The Bertz CT molecular complexity index is 747.